The molecule has 5 nitrogen and oxygen atoms in total. The molecule has 0 aliphatic carbocycles. The molecule has 0 radical (unpaired) electrons. The molecule has 3 rings (SSSR count). The molecular formula is C24H30ClN3O2. The number of carbonyl (C=O) groups excluding carboxylic acids is 2. The van der Waals surface area contributed by atoms with E-state index in [2.05, 4.69) is 24.1 Å². The van der Waals surface area contributed by atoms with Crippen LogP contribution in [-0.2, 0) is 4.79 Å². The highest BCUT2D eigenvalue weighted by Crippen LogP contribution is 2.21. The molecule has 2 amide bonds. The van der Waals surface area contributed by atoms with E-state index in [-0.39, 0.29) is 11.8 Å². The Morgan fingerprint density at radius 1 is 1.03 bits per heavy atom. The van der Waals surface area contributed by atoms with Crippen molar-refractivity contribution in [2.45, 2.75) is 33.2 Å². The monoisotopic (exact) mass is 427 g/mol. The van der Waals surface area contributed by atoms with Crippen LogP contribution in [0, 0.1) is 12.8 Å². The second-order valence-corrected chi connectivity index (χ2v) is 8.70. The number of carbonyl (C=O) groups is 2. The van der Waals surface area contributed by atoms with Crippen molar-refractivity contribution in [1.82, 2.24) is 10.2 Å². The molecule has 0 spiro atoms. The summed E-state index contributed by atoms with van der Waals surface area (Å²) < 4.78 is 0. The Labute approximate surface area is 184 Å². The lowest BCUT2D eigenvalue weighted by atomic mass is 10.0. The highest BCUT2D eigenvalue weighted by molar-refractivity contribution is 6.30. The number of benzene rings is 2. The van der Waals surface area contributed by atoms with Crippen molar-refractivity contribution in [2.24, 2.45) is 5.92 Å². The predicted octanol–water partition coefficient (Wildman–Crippen LogP) is 4.14. The van der Waals surface area contributed by atoms with Crippen molar-refractivity contribution >= 4 is 29.1 Å². The number of hydrogen-bond donors (Lipinski definition) is 1. The van der Waals surface area contributed by atoms with Crippen molar-refractivity contribution in [2.75, 3.05) is 31.1 Å². The maximum atomic E-state index is 13.3. The van der Waals surface area contributed by atoms with Crippen LogP contribution in [0.4, 0.5) is 5.69 Å². The van der Waals surface area contributed by atoms with E-state index in [1.165, 1.54) is 0 Å². The molecule has 1 aliphatic heterocycles. The van der Waals surface area contributed by atoms with Crippen LogP contribution in [0.2, 0.25) is 5.02 Å². The molecule has 1 heterocycles. The Balaban J connectivity index is 1.65. The summed E-state index contributed by atoms with van der Waals surface area (Å²) in [6.07, 6.45) is 0.616. The summed E-state index contributed by atoms with van der Waals surface area (Å²) in [5, 5.41) is 3.70. The highest BCUT2D eigenvalue weighted by Gasteiger charge is 2.29. The van der Waals surface area contributed by atoms with Crippen LogP contribution in [0.3, 0.4) is 0 Å². The molecule has 1 fully saturated rings. The lowest BCUT2D eigenvalue weighted by molar-refractivity contribution is -0.134. The van der Waals surface area contributed by atoms with E-state index >= 15 is 0 Å². The van der Waals surface area contributed by atoms with Crippen LogP contribution < -0.4 is 10.2 Å². The molecule has 0 unspecified atom stereocenters. The summed E-state index contributed by atoms with van der Waals surface area (Å²) in [7, 11) is 0. The maximum Gasteiger partial charge on any atom is 0.252 e. The Morgan fingerprint density at radius 2 is 1.73 bits per heavy atom. The Hall–Kier alpha value is -2.53. The molecule has 1 N–H and O–H groups in total. The molecule has 2 aromatic rings. The fourth-order valence-corrected chi connectivity index (χ4v) is 4.02. The molecule has 160 valence electrons. The van der Waals surface area contributed by atoms with E-state index in [4.69, 9.17) is 11.6 Å². The van der Waals surface area contributed by atoms with Gasteiger partial charge in [0.25, 0.3) is 5.91 Å². The number of aryl methyl sites for hydroxylation is 1. The first-order valence-corrected chi connectivity index (χ1v) is 10.9. The van der Waals surface area contributed by atoms with Gasteiger partial charge in [0.15, 0.2) is 0 Å². The van der Waals surface area contributed by atoms with Crippen molar-refractivity contribution in [3.8, 4) is 0 Å². The molecule has 2 aromatic carbocycles. The van der Waals surface area contributed by atoms with Crippen molar-refractivity contribution in [3.05, 3.63) is 64.7 Å². The molecule has 6 heteroatoms. The van der Waals surface area contributed by atoms with Gasteiger partial charge in [-0.05, 0) is 49.1 Å². The molecule has 0 saturated carbocycles. The van der Waals surface area contributed by atoms with E-state index < -0.39 is 6.04 Å². The van der Waals surface area contributed by atoms with Gasteiger partial charge in [-0.3, -0.25) is 9.59 Å². The summed E-state index contributed by atoms with van der Waals surface area (Å²) in [5.41, 5.74) is 2.59. The van der Waals surface area contributed by atoms with E-state index in [1.807, 2.05) is 54.3 Å². The zero-order valence-corrected chi connectivity index (χ0v) is 18.7. The minimum atomic E-state index is -0.519. The number of nitrogens with one attached hydrogen (secondary N) is 1. The first-order chi connectivity index (χ1) is 14.3. The normalized spacial score (nSPS) is 15.2. The molecule has 0 aromatic heterocycles. The SMILES string of the molecule is Cc1ccccc1C(=O)N[C@@H](CC(C)C)C(=O)N1CCN(c2cccc(Cl)c2)CC1. The van der Waals surface area contributed by atoms with Gasteiger partial charge in [0.2, 0.25) is 5.91 Å². The Bertz CT molecular complexity index is 892. The minimum absolute atomic E-state index is 0.00335. The largest absolute Gasteiger partial charge is 0.368 e. The standard InChI is InChI=1S/C24H30ClN3O2/c1-17(2)15-22(26-23(29)21-10-5-4-7-18(21)3)24(30)28-13-11-27(12-14-28)20-9-6-8-19(25)16-20/h4-10,16-17,22H,11-15H2,1-3H3,(H,26,29)/t22-/m0/s1. The minimum Gasteiger partial charge on any atom is -0.368 e. The summed E-state index contributed by atoms with van der Waals surface area (Å²) in [6, 6.07) is 14.7. The molecule has 0 bridgehead atoms. The van der Waals surface area contributed by atoms with Crippen LogP contribution in [-0.4, -0.2) is 48.9 Å². The van der Waals surface area contributed by atoms with Gasteiger partial charge in [0.1, 0.15) is 6.04 Å². The average molecular weight is 428 g/mol. The topological polar surface area (TPSA) is 52.7 Å². The lowest BCUT2D eigenvalue weighted by Crippen LogP contribution is -2.55. The van der Waals surface area contributed by atoms with Gasteiger partial charge in [-0.2, -0.15) is 0 Å². The van der Waals surface area contributed by atoms with Gasteiger partial charge in [-0.1, -0.05) is 49.7 Å². The summed E-state index contributed by atoms with van der Waals surface area (Å²) in [6.45, 7) is 8.77. The number of rotatable bonds is 6. The number of piperazine rings is 1. The summed E-state index contributed by atoms with van der Waals surface area (Å²) in [4.78, 5) is 30.2. The van der Waals surface area contributed by atoms with E-state index in [1.54, 1.807) is 6.07 Å². The number of hydrogen-bond acceptors (Lipinski definition) is 3. The smallest absolute Gasteiger partial charge is 0.252 e. The van der Waals surface area contributed by atoms with Gasteiger partial charge < -0.3 is 15.1 Å². The van der Waals surface area contributed by atoms with Crippen LogP contribution in [0.25, 0.3) is 0 Å². The summed E-state index contributed by atoms with van der Waals surface area (Å²) in [5.74, 6) is 0.102. The second-order valence-electron chi connectivity index (χ2n) is 8.26. The fourth-order valence-electron chi connectivity index (χ4n) is 3.83. The summed E-state index contributed by atoms with van der Waals surface area (Å²) >= 11 is 6.11. The third kappa shape index (κ3) is 5.54. The van der Waals surface area contributed by atoms with Gasteiger partial charge in [0.05, 0.1) is 0 Å². The Kier molecular flexibility index (Phi) is 7.38. The zero-order valence-electron chi connectivity index (χ0n) is 17.9. The van der Waals surface area contributed by atoms with Gasteiger partial charge >= 0.3 is 0 Å². The van der Waals surface area contributed by atoms with Crippen molar-refractivity contribution in [1.29, 1.82) is 0 Å². The predicted molar refractivity (Wildman–Crippen MR) is 122 cm³/mol. The fraction of sp³-hybridized carbons (Fsp3) is 0.417. The number of halogens is 1. The van der Waals surface area contributed by atoms with E-state index in [0.29, 0.717) is 36.0 Å². The number of amides is 2. The molecule has 30 heavy (non-hydrogen) atoms. The molecule has 1 saturated heterocycles. The van der Waals surface area contributed by atoms with Crippen LogP contribution in [0.15, 0.2) is 48.5 Å². The first kappa shape index (κ1) is 22.2. The zero-order chi connectivity index (χ0) is 21.7. The molecular weight excluding hydrogens is 398 g/mol. The van der Waals surface area contributed by atoms with Crippen LogP contribution in [0.1, 0.15) is 36.2 Å². The lowest BCUT2D eigenvalue weighted by Gasteiger charge is -2.38. The van der Waals surface area contributed by atoms with Gasteiger partial charge in [-0.25, -0.2) is 0 Å². The highest BCUT2D eigenvalue weighted by atomic mass is 35.5. The quantitative estimate of drug-likeness (QED) is 0.753. The van der Waals surface area contributed by atoms with Gasteiger partial charge in [-0.15, -0.1) is 0 Å². The van der Waals surface area contributed by atoms with E-state index in [9.17, 15) is 9.59 Å². The van der Waals surface area contributed by atoms with Crippen LogP contribution in [0.5, 0.6) is 0 Å². The van der Waals surface area contributed by atoms with Crippen molar-refractivity contribution in [3.63, 3.8) is 0 Å². The second kappa shape index (κ2) is 9.98. The van der Waals surface area contributed by atoms with Crippen LogP contribution >= 0.6 is 11.6 Å². The van der Waals surface area contributed by atoms with E-state index in [0.717, 1.165) is 24.3 Å². The van der Waals surface area contributed by atoms with Gasteiger partial charge in [0, 0.05) is 42.5 Å². The van der Waals surface area contributed by atoms with Crippen molar-refractivity contribution < 1.29 is 9.59 Å². The molecule has 1 atom stereocenters. The average Bonchev–Trinajstić information content (AvgIpc) is 2.73. The number of nitrogens with zero attached hydrogens (tertiary/aromatic N) is 2. The molecule has 1 aliphatic rings. The number of anilines is 1. The maximum absolute atomic E-state index is 13.3. The third-order valence-electron chi connectivity index (χ3n) is 5.46. The third-order valence-corrected chi connectivity index (χ3v) is 5.70. The first-order valence-electron chi connectivity index (χ1n) is 10.5. The Morgan fingerprint density at radius 3 is 2.37 bits per heavy atom.